The molecule has 1 aromatic carbocycles. The van der Waals surface area contributed by atoms with E-state index in [0.29, 0.717) is 11.5 Å². The lowest BCUT2D eigenvalue weighted by Crippen LogP contribution is -2.16. The number of hydrogen-bond acceptors (Lipinski definition) is 3. The van der Waals surface area contributed by atoms with Crippen molar-refractivity contribution < 1.29 is 0 Å². The highest BCUT2D eigenvalue weighted by molar-refractivity contribution is 5.73. The molecule has 4 heteroatoms. The maximum atomic E-state index is 6.04. The Balaban J connectivity index is 2.21. The highest BCUT2D eigenvalue weighted by Gasteiger charge is 2.23. The Morgan fingerprint density at radius 1 is 1.09 bits per heavy atom. The van der Waals surface area contributed by atoms with Crippen LogP contribution < -0.4 is 5.73 Å². The number of rotatable bonds is 0. The number of nitrogens with zero attached hydrogens (tertiary/aromatic N) is 3. The van der Waals surface area contributed by atoms with Gasteiger partial charge < -0.3 is 5.73 Å². The van der Waals surface area contributed by atoms with Gasteiger partial charge in [-0.15, -0.1) is 0 Å². The van der Waals surface area contributed by atoms with Crippen LogP contribution in [0.15, 0.2) is 42.7 Å². The summed E-state index contributed by atoms with van der Waals surface area (Å²) in [5.74, 6) is 7.64. The van der Waals surface area contributed by atoms with E-state index in [2.05, 4.69) is 37.6 Å². The summed E-state index contributed by atoms with van der Waals surface area (Å²) in [5, 5.41) is 0. The molecule has 0 amide bonds. The molecule has 2 aromatic heterocycles. The molecule has 0 aliphatic rings. The fraction of sp³-hybridized carbons (Fsp3) is 0.222. The fourth-order valence-corrected chi connectivity index (χ4v) is 2.33. The smallest absolute Gasteiger partial charge is 0.150 e. The van der Waals surface area contributed by atoms with E-state index in [4.69, 9.17) is 10.7 Å². The van der Waals surface area contributed by atoms with Gasteiger partial charge in [0, 0.05) is 23.4 Å². The maximum Gasteiger partial charge on any atom is 0.150 e. The van der Waals surface area contributed by atoms with Crippen LogP contribution in [0, 0.1) is 11.8 Å². The van der Waals surface area contributed by atoms with E-state index >= 15 is 0 Å². The van der Waals surface area contributed by atoms with E-state index in [-0.39, 0.29) is 5.41 Å². The summed E-state index contributed by atoms with van der Waals surface area (Å²) in [7, 11) is 0. The molecule has 0 fully saturated rings. The highest BCUT2D eigenvalue weighted by atomic mass is 15.1. The van der Waals surface area contributed by atoms with E-state index in [1.165, 1.54) is 0 Å². The Bertz CT molecular complexity index is 874. The molecule has 0 saturated carbocycles. The summed E-state index contributed by atoms with van der Waals surface area (Å²) in [6.45, 7) is 6.35. The Kier molecular flexibility index (Phi) is 3.34. The number of hydrogen-bond donors (Lipinski definition) is 1. The van der Waals surface area contributed by atoms with Crippen LogP contribution in [-0.2, 0) is 5.41 Å². The van der Waals surface area contributed by atoms with Crippen molar-refractivity contribution in [3.8, 4) is 11.8 Å². The van der Waals surface area contributed by atoms with Crippen molar-refractivity contribution in [2.75, 3.05) is 5.73 Å². The average Bonchev–Trinajstić information content (AvgIpc) is 2.86. The maximum absolute atomic E-state index is 6.04. The van der Waals surface area contributed by atoms with Gasteiger partial charge in [0.1, 0.15) is 17.0 Å². The molecule has 2 N–H and O–H groups in total. The molecule has 0 bridgehead atoms. The third kappa shape index (κ3) is 2.53. The number of nitrogen functional groups attached to an aromatic ring is 1. The van der Waals surface area contributed by atoms with Crippen LogP contribution in [0.3, 0.4) is 0 Å². The number of aromatic nitrogens is 3. The third-order valence-corrected chi connectivity index (χ3v) is 3.35. The SMILES string of the molecule is CC(C)(C)c1nc(C#Cc2ccccc2)c2c(N)nccn12. The Hall–Kier alpha value is -2.80. The molecule has 3 rings (SSSR count). The van der Waals surface area contributed by atoms with E-state index in [1.807, 2.05) is 40.9 Å². The lowest BCUT2D eigenvalue weighted by atomic mass is 9.96. The molecular weight excluding hydrogens is 272 g/mol. The lowest BCUT2D eigenvalue weighted by Gasteiger charge is -2.16. The molecule has 0 saturated heterocycles. The molecule has 0 aliphatic carbocycles. The van der Waals surface area contributed by atoms with Crippen molar-refractivity contribution >= 4 is 11.3 Å². The van der Waals surface area contributed by atoms with Gasteiger partial charge in [-0.2, -0.15) is 0 Å². The van der Waals surface area contributed by atoms with Gasteiger partial charge in [-0.1, -0.05) is 44.9 Å². The second-order valence-electron chi connectivity index (χ2n) is 6.18. The molecule has 22 heavy (non-hydrogen) atoms. The summed E-state index contributed by atoms with van der Waals surface area (Å²) < 4.78 is 1.98. The van der Waals surface area contributed by atoms with E-state index in [9.17, 15) is 0 Å². The number of imidazole rings is 1. The zero-order chi connectivity index (χ0) is 15.7. The number of benzene rings is 1. The standard InChI is InChI=1S/C18H18N4/c1-18(2,3)17-21-14(10-9-13-7-5-4-6-8-13)15-16(19)20-11-12-22(15)17/h4-8,11-12H,1-3H3,(H2,19,20). The van der Waals surface area contributed by atoms with Gasteiger partial charge in [0.25, 0.3) is 0 Å². The average molecular weight is 290 g/mol. The van der Waals surface area contributed by atoms with E-state index in [1.54, 1.807) is 6.20 Å². The van der Waals surface area contributed by atoms with Crippen molar-refractivity contribution in [1.29, 1.82) is 0 Å². The second kappa shape index (κ2) is 5.19. The van der Waals surface area contributed by atoms with Crippen LogP contribution in [0.1, 0.15) is 37.9 Å². The van der Waals surface area contributed by atoms with Crippen molar-refractivity contribution in [3.05, 3.63) is 59.8 Å². The predicted octanol–water partition coefficient (Wildman–Crippen LogP) is 3.01. The van der Waals surface area contributed by atoms with Crippen molar-refractivity contribution in [3.63, 3.8) is 0 Å². The quantitative estimate of drug-likeness (QED) is 0.647. The monoisotopic (exact) mass is 290 g/mol. The summed E-state index contributed by atoms with van der Waals surface area (Å²) in [5.41, 5.74) is 8.32. The number of nitrogens with two attached hydrogens (primary N) is 1. The largest absolute Gasteiger partial charge is 0.382 e. The molecule has 0 unspecified atom stereocenters. The molecule has 110 valence electrons. The molecule has 0 atom stereocenters. The Labute approximate surface area is 130 Å². The topological polar surface area (TPSA) is 56.2 Å². The van der Waals surface area contributed by atoms with Gasteiger partial charge in [0.05, 0.1) is 0 Å². The van der Waals surface area contributed by atoms with Crippen molar-refractivity contribution in [2.45, 2.75) is 26.2 Å². The highest BCUT2D eigenvalue weighted by Crippen LogP contribution is 2.26. The first kappa shape index (κ1) is 14.2. The Morgan fingerprint density at radius 2 is 1.82 bits per heavy atom. The summed E-state index contributed by atoms with van der Waals surface area (Å²) >= 11 is 0. The fourth-order valence-electron chi connectivity index (χ4n) is 2.33. The number of fused-ring (bicyclic) bond motifs is 1. The van der Waals surface area contributed by atoms with Gasteiger partial charge in [0.2, 0.25) is 0 Å². The van der Waals surface area contributed by atoms with Crippen LogP contribution >= 0.6 is 0 Å². The first-order valence-corrected chi connectivity index (χ1v) is 7.17. The summed E-state index contributed by atoms with van der Waals surface area (Å²) in [6.07, 6.45) is 3.57. The number of anilines is 1. The molecule has 2 heterocycles. The van der Waals surface area contributed by atoms with Crippen LogP contribution in [0.4, 0.5) is 5.82 Å². The molecule has 3 aromatic rings. The van der Waals surface area contributed by atoms with Gasteiger partial charge >= 0.3 is 0 Å². The zero-order valence-electron chi connectivity index (χ0n) is 13.0. The van der Waals surface area contributed by atoms with Gasteiger partial charge in [-0.25, -0.2) is 9.97 Å². The molecule has 0 aliphatic heterocycles. The summed E-state index contributed by atoms with van der Waals surface area (Å²) in [6, 6.07) is 9.84. The van der Waals surface area contributed by atoms with Crippen molar-refractivity contribution in [1.82, 2.24) is 14.4 Å². The molecule has 0 radical (unpaired) electrons. The van der Waals surface area contributed by atoms with Crippen LogP contribution in [0.5, 0.6) is 0 Å². The predicted molar refractivity (Wildman–Crippen MR) is 88.5 cm³/mol. The minimum Gasteiger partial charge on any atom is -0.382 e. The normalized spacial score (nSPS) is 11.2. The molecular formula is C18H18N4. The minimum atomic E-state index is -0.108. The van der Waals surface area contributed by atoms with Crippen molar-refractivity contribution in [2.24, 2.45) is 0 Å². The van der Waals surface area contributed by atoms with E-state index < -0.39 is 0 Å². The second-order valence-corrected chi connectivity index (χ2v) is 6.18. The molecule has 4 nitrogen and oxygen atoms in total. The first-order chi connectivity index (χ1) is 10.5. The Morgan fingerprint density at radius 3 is 2.50 bits per heavy atom. The third-order valence-electron chi connectivity index (χ3n) is 3.35. The minimum absolute atomic E-state index is 0.108. The zero-order valence-corrected chi connectivity index (χ0v) is 13.0. The molecule has 0 spiro atoms. The van der Waals surface area contributed by atoms with E-state index in [0.717, 1.165) is 16.9 Å². The van der Waals surface area contributed by atoms with Gasteiger partial charge in [0.15, 0.2) is 5.82 Å². The summed E-state index contributed by atoms with van der Waals surface area (Å²) in [4.78, 5) is 8.87. The van der Waals surface area contributed by atoms with Crippen LogP contribution in [0.25, 0.3) is 5.52 Å². The first-order valence-electron chi connectivity index (χ1n) is 7.17. The van der Waals surface area contributed by atoms with Gasteiger partial charge in [-0.3, -0.25) is 4.40 Å². The van der Waals surface area contributed by atoms with Crippen LogP contribution in [0.2, 0.25) is 0 Å². The van der Waals surface area contributed by atoms with Gasteiger partial charge in [-0.05, 0) is 18.1 Å². The lowest BCUT2D eigenvalue weighted by molar-refractivity contribution is 0.542. The van der Waals surface area contributed by atoms with Crippen LogP contribution in [-0.4, -0.2) is 14.4 Å².